The third-order valence-electron chi connectivity index (χ3n) is 2.86. The van der Waals surface area contributed by atoms with E-state index in [1.807, 2.05) is 0 Å². The van der Waals surface area contributed by atoms with E-state index in [9.17, 15) is 8.78 Å². The summed E-state index contributed by atoms with van der Waals surface area (Å²) in [6.45, 7) is 1.77. The van der Waals surface area contributed by atoms with Crippen LogP contribution < -0.4 is 5.73 Å². The zero-order valence-corrected chi connectivity index (χ0v) is 10.5. The normalized spacial score (nSPS) is 10.9. The van der Waals surface area contributed by atoms with Crippen molar-refractivity contribution in [2.45, 2.75) is 6.92 Å². The maximum absolute atomic E-state index is 13.3. The Morgan fingerprint density at radius 1 is 1.05 bits per heavy atom. The molecule has 0 saturated heterocycles. The summed E-state index contributed by atoms with van der Waals surface area (Å²) in [5, 5.41) is 3.65. The molecule has 3 rings (SSSR count). The maximum Gasteiger partial charge on any atom is 0.180 e. The summed E-state index contributed by atoms with van der Waals surface area (Å²) in [4.78, 5) is 0. The number of hydrogen-bond donors (Lipinski definition) is 1. The topological polar surface area (TPSA) is 65.2 Å². The maximum atomic E-state index is 13.3. The van der Waals surface area contributed by atoms with Crippen molar-refractivity contribution in [2.75, 3.05) is 5.73 Å². The molecule has 0 aliphatic rings. The second-order valence-electron chi connectivity index (χ2n) is 4.38. The van der Waals surface area contributed by atoms with E-state index in [1.165, 1.54) is 18.4 Å². The summed E-state index contributed by atoms with van der Waals surface area (Å²) in [7, 11) is 0. The molecule has 0 aliphatic carbocycles. The summed E-state index contributed by atoms with van der Waals surface area (Å²) < 4.78 is 37.0. The molecule has 0 aliphatic heterocycles. The number of furan rings is 1. The molecule has 2 N–H and O–H groups in total. The summed E-state index contributed by atoms with van der Waals surface area (Å²) >= 11 is 0. The molecule has 20 heavy (non-hydrogen) atoms. The largest absolute Gasteiger partial charge is 0.469 e. The van der Waals surface area contributed by atoms with Crippen LogP contribution in [0.1, 0.15) is 5.76 Å². The van der Waals surface area contributed by atoms with Crippen molar-refractivity contribution in [1.82, 2.24) is 5.16 Å². The van der Waals surface area contributed by atoms with Gasteiger partial charge < -0.3 is 14.7 Å². The molecule has 1 aromatic carbocycles. The predicted octanol–water partition coefficient (Wildman–Crippen LogP) is 3.77. The zero-order chi connectivity index (χ0) is 14.3. The summed E-state index contributed by atoms with van der Waals surface area (Å²) in [5.41, 5.74) is 6.94. The average Bonchev–Trinajstić information content (AvgIpc) is 2.94. The molecule has 4 nitrogen and oxygen atoms in total. The Morgan fingerprint density at radius 3 is 2.35 bits per heavy atom. The number of benzene rings is 1. The molecular weight excluding hydrogens is 266 g/mol. The third kappa shape index (κ3) is 2.05. The monoisotopic (exact) mass is 276 g/mol. The first-order chi connectivity index (χ1) is 9.54. The van der Waals surface area contributed by atoms with Crippen LogP contribution in [0.15, 0.2) is 39.5 Å². The molecule has 0 saturated carbocycles. The Kier molecular flexibility index (Phi) is 2.78. The van der Waals surface area contributed by atoms with Crippen molar-refractivity contribution in [3.05, 3.63) is 47.9 Å². The van der Waals surface area contributed by atoms with Gasteiger partial charge in [-0.15, -0.1) is 0 Å². The lowest BCUT2D eigenvalue weighted by Crippen LogP contribution is -1.90. The van der Waals surface area contributed by atoms with Crippen LogP contribution in [0.25, 0.3) is 22.5 Å². The van der Waals surface area contributed by atoms with E-state index < -0.39 is 11.6 Å². The number of nitrogens with two attached hydrogens (primary N) is 1. The average molecular weight is 276 g/mol. The summed E-state index contributed by atoms with van der Waals surface area (Å²) in [5.74, 6) is -0.357. The van der Waals surface area contributed by atoms with Crippen molar-refractivity contribution in [1.29, 1.82) is 0 Å². The highest BCUT2D eigenvalue weighted by Crippen LogP contribution is 2.37. The fourth-order valence-corrected chi connectivity index (χ4v) is 2.04. The Morgan fingerprint density at radius 2 is 1.75 bits per heavy atom. The van der Waals surface area contributed by atoms with E-state index in [-0.39, 0.29) is 11.4 Å². The van der Waals surface area contributed by atoms with Crippen LogP contribution in [-0.2, 0) is 0 Å². The van der Waals surface area contributed by atoms with Gasteiger partial charge in [-0.05, 0) is 30.7 Å². The first kappa shape index (κ1) is 12.4. The molecule has 0 unspecified atom stereocenters. The molecule has 0 radical (unpaired) electrons. The third-order valence-corrected chi connectivity index (χ3v) is 2.86. The fraction of sp³-hybridized carbons (Fsp3) is 0.0714. The second kappa shape index (κ2) is 4.48. The molecule has 6 heteroatoms. The summed E-state index contributed by atoms with van der Waals surface area (Å²) in [6.07, 6.45) is 1.47. The highest BCUT2D eigenvalue weighted by molar-refractivity contribution is 5.86. The number of halogens is 2. The van der Waals surface area contributed by atoms with Crippen LogP contribution in [0.4, 0.5) is 14.6 Å². The smallest absolute Gasteiger partial charge is 0.180 e. The number of aryl methyl sites for hydroxylation is 1. The van der Waals surface area contributed by atoms with E-state index in [4.69, 9.17) is 14.7 Å². The number of nitrogen functional groups attached to an aromatic ring is 1. The van der Waals surface area contributed by atoms with Gasteiger partial charge >= 0.3 is 0 Å². The number of nitrogens with zero attached hydrogens (tertiary/aromatic N) is 1. The van der Waals surface area contributed by atoms with Crippen molar-refractivity contribution in [3.8, 4) is 22.5 Å². The lowest BCUT2D eigenvalue weighted by Gasteiger charge is -2.02. The van der Waals surface area contributed by atoms with Crippen LogP contribution in [0.3, 0.4) is 0 Å². The van der Waals surface area contributed by atoms with Crippen molar-refractivity contribution >= 4 is 5.82 Å². The lowest BCUT2D eigenvalue weighted by molar-refractivity contribution is 0.435. The highest BCUT2D eigenvalue weighted by Gasteiger charge is 2.20. The molecule has 0 atom stereocenters. The SMILES string of the molecule is Cc1cc(-c2onc(N)c2-c2cc(F)cc(F)c2)co1. The standard InChI is InChI=1S/C14H10F2N2O2/c1-7-2-9(6-19-7)13-12(14(17)18-20-13)8-3-10(15)5-11(16)4-8/h2-6H,1H3,(H2,17,18). The minimum atomic E-state index is -0.699. The molecule has 0 amide bonds. The Balaban J connectivity index is 2.21. The van der Waals surface area contributed by atoms with Crippen LogP contribution in [0.2, 0.25) is 0 Å². The van der Waals surface area contributed by atoms with Crippen LogP contribution >= 0.6 is 0 Å². The number of anilines is 1. The fourth-order valence-electron chi connectivity index (χ4n) is 2.04. The molecule has 2 aromatic heterocycles. The van der Waals surface area contributed by atoms with Gasteiger partial charge in [0.25, 0.3) is 0 Å². The van der Waals surface area contributed by atoms with Gasteiger partial charge in [0.2, 0.25) is 0 Å². The van der Waals surface area contributed by atoms with Crippen molar-refractivity contribution < 1.29 is 17.7 Å². The molecule has 2 heterocycles. The van der Waals surface area contributed by atoms with Crippen LogP contribution in [-0.4, -0.2) is 5.16 Å². The predicted molar refractivity (Wildman–Crippen MR) is 68.7 cm³/mol. The van der Waals surface area contributed by atoms with E-state index >= 15 is 0 Å². The molecule has 0 bridgehead atoms. The zero-order valence-electron chi connectivity index (χ0n) is 10.5. The van der Waals surface area contributed by atoms with E-state index in [2.05, 4.69) is 5.16 Å². The number of rotatable bonds is 2. The van der Waals surface area contributed by atoms with Gasteiger partial charge in [-0.25, -0.2) is 8.78 Å². The number of hydrogen-bond acceptors (Lipinski definition) is 4. The van der Waals surface area contributed by atoms with Crippen molar-refractivity contribution in [3.63, 3.8) is 0 Å². The van der Waals surface area contributed by atoms with Gasteiger partial charge in [0, 0.05) is 6.07 Å². The molecular formula is C14H10F2N2O2. The molecule has 0 fully saturated rings. The minimum absolute atomic E-state index is 0.0591. The minimum Gasteiger partial charge on any atom is -0.469 e. The molecule has 0 spiro atoms. The van der Waals surface area contributed by atoms with Crippen LogP contribution in [0.5, 0.6) is 0 Å². The Bertz CT molecular complexity index is 757. The molecule has 102 valence electrons. The van der Waals surface area contributed by atoms with Gasteiger partial charge in [-0.3, -0.25) is 0 Å². The van der Waals surface area contributed by atoms with Gasteiger partial charge in [0.05, 0.1) is 11.1 Å². The van der Waals surface area contributed by atoms with E-state index in [1.54, 1.807) is 13.0 Å². The first-order valence-corrected chi connectivity index (χ1v) is 5.81. The van der Waals surface area contributed by atoms with Gasteiger partial charge in [-0.2, -0.15) is 0 Å². The second-order valence-corrected chi connectivity index (χ2v) is 4.38. The van der Waals surface area contributed by atoms with Gasteiger partial charge in [-0.1, -0.05) is 5.16 Å². The van der Waals surface area contributed by atoms with Gasteiger partial charge in [0.15, 0.2) is 11.6 Å². The van der Waals surface area contributed by atoms with Gasteiger partial charge in [0.1, 0.15) is 23.7 Å². The Hall–Kier alpha value is -2.63. The molecule has 3 aromatic rings. The van der Waals surface area contributed by atoms with E-state index in [0.29, 0.717) is 22.6 Å². The van der Waals surface area contributed by atoms with E-state index in [0.717, 1.165) is 6.07 Å². The lowest BCUT2D eigenvalue weighted by atomic mass is 10.0. The Labute approximate surface area is 112 Å². The van der Waals surface area contributed by atoms with Crippen molar-refractivity contribution in [2.24, 2.45) is 0 Å². The highest BCUT2D eigenvalue weighted by atomic mass is 19.1. The number of aromatic nitrogens is 1. The van der Waals surface area contributed by atoms with Crippen LogP contribution in [0, 0.1) is 18.6 Å². The first-order valence-electron chi connectivity index (χ1n) is 5.81. The summed E-state index contributed by atoms with van der Waals surface area (Å²) in [6, 6.07) is 4.85. The quantitative estimate of drug-likeness (QED) is 0.773.